The molecule has 0 aliphatic heterocycles. The van der Waals surface area contributed by atoms with Crippen molar-refractivity contribution in [2.24, 2.45) is 0 Å². The summed E-state index contributed by atoms with van der Waals surface area (Å²) >= 11 is 0. The Morgan fingerprint density at radius 2 is 1.94 bits per heavy atom. The van der Waals surface area contributed by atoms with E-state index in [1.807, 2.05) is 12.1 Å². The molecule has 2 nitrogen and oxygen atoms in total. The summed E-state index contributed by atoms with van der Waals surface area (Å²) in [5.74, 6) is 0.899. The zero-order chi connectivity index (χ0) is 12.0. The predicted octanol–water partition coefficient (Wildman–Crippen LogP) is 3.95. The van der Waals surface area contributed by atoms with E-state index in [0.29, 0.717) is 0 Å². The monoisotopic (exact) mass is 225 g/mol. The molecule has 0 spiro atoms. The fourth-order valence-electron chi connectivity index (χ4n) is 2.60. The molecule has 17 heavy (non-hydrogen) atoms. The number of benzene rings is 2. The maximum absolute atomic E-state index is 5.40. The maximum atomic E-state index is 5.40. The van der Waals surface area contributed by atoms with Crippen molar-refractivity contribution in [2.75, 3.05) is 7.11 Å². The van der Waals surface area contributed by atoms with Crippen LogP contribution in [-0.4, -0.2) is 12.1 Å². The van der Waals surface area contributed by atoms with E-state index in [4.69, 9.17) is 4.74 Å². The molecule has 0 radical (unpaired) electrons. The van der Waals surface area contributed by atoms with E-state index in [1.54, 1.807) is 7.11 Å². The van der Waals surface area contributed by atoms with Crippen molar-refractivity contribution in [1.82, 2.24) is 4.98 Å². The molecule has 3 rings (SSSR count). The van der Waals surface area contributed by atoms with E-state index in [0.717, 1.165) is 11.3 Å². The molecule has 0 aliphatic rings. The summed E-state index contributed by atoms with van der Waals surface area (Å²) in [6, 6.07) is 10.6. The van der Waals surface area contributed by atoms with E-state index in [2.05, 4.69) is 37.0 Å². The lowest BCUT2D eigenvalue weighted by Crippen LogP contribution is -1.82. The quantitative estimate of drug-likeness (QED) is 0.666. The van der Waals surface area contributed by atoms with Crippen LogP contribution in [0.1, 0.15) is 11.1 Å². The Balaban J connectivity index is 2.54. The Bertz CT molecular complexity index is 710. The molecule has 2 aromatic carbocycles. The van der Waals surface area contributed by atoms with Gasteiger partial charge in [-0.1, -0.05) is 18.2 Å². The number of aromatic amines is 1. The van der Waals surface area contributed by atoms with Crippen LogP contribution in [0.3, 0.4) is 0 Å². The van der Waals surface area contributed by atoms with Gasteiger partial charge in [-0.05, 0) is 37.1 Å². The third-order valence-corrected chi connectivity index (χ3v) is 3.26. The first-order valence-corrected chi connectivity index (χ1v) is 5.76. The normalized spacial score (nSPS) is 11.2. The lowest BCUT2D eigenvalue weighted by molar-refractivity contribution is 0.419. The van der Waals surface area contributed by atoms with Gasteiger partial charge in [-0.25, -0.2) is 0 Å². The lowest BCUT2D eigenvalue weighted by atomic mass is 10.0. The maximum Gasteiger partial charge on any atom is 0.142 e. The zero-order valence-electron chi connectivity index (χ0n) is 10.3. The Morgan fingerprint density at radius 3 is 2.71 bits per heavy atom. The van der Waals surface area contributed by atoms with E-state index in [1.165, 1.54) is 27.4 Å². The Morgan fingerprint density at radius 1 is 1.12 bits per heavy atom. The van der Waals surface area contributed by atoms with Gasteiger partial charge in [0.15, 0.2) is 0 Å². The van der Waals surface area contributed by atoms with Crippen LogP contribution in [0.4, 0.5) is 0 Å². The SMILES string of the molecule is COc1cccc2c1[nH]c1cc(C)cc(C)c12. The van der Waals surface area contributed by atoms with Gasteiger partial charge in [-0.15, -0.1) is 0 Å². The van der Waals surface area contributed by atoms with Gasteiger partial charge in [-0.3, -0.25) is 0 Å². The number of methoxy groups -OCH3 is 1. The van der Waals surface area contributed by atoms with Gasteiger partial charge in [0.25, 0.3) is 0 Å². The number of ether oxygens (including phenoxy) is 1. The van der Waals surface area contributed by atoms with E-state index in [9.17, 15) is 0 Å². The van der Waals surface area contributed by atoms with Crippen LogP contribution in [-0.2, 0) is 0 Å². The highest BCUT2D eigenvalue weighted by Crippen LogP contribution is 2.33. The van der Waals surface area contributed by atoms with Crippen molar-refractivity contribution < 1.29 is 4.74 Å². The minimum atomic E-state index is 0.899. The summed E-state index contributed by atoms with van der Waals surface area (Å²) < 4.78 is 5.40. The van der Waals surface area contributed by atoms with Crippen LogP contribution in [0.2, 0.25) is 0 Å². The second-order valence-corrected chi connectivity index (χ2v) is 4.51. The fraction of sp³-hybridized carbons (Fsp3) is 0.200. The molecule has 0 fully saturated rings. The standard InChI is InChI=1S/C15H15NO/c1-9-7-10(2)14-11-5-4-6-13(17-3)15(11)16-12(14)8-9/h4-8,16H,1-3H3. The molecule has 1 aromatic heterocycles. The molecule has 0 amide bonds. The van der Waals surface area contributed by atoms with Crippen molar-refractivity contribution in [3.8, 4) is 5.75 Å². The lowest BCUT2D eigenvalue weighted by Gasteiger charge is -2.01. The van der Waals surface area contributed by atoms with E-state index >= 15 is 0 Å². The highest BCUT2D eigenvalue weighted by Gasteiger charge is 2.10. The van der Waals surface area contributed by atoms with Crippen LogP contribution in [0.15, 0.2) is 30.3 Å². The smallest absolute Gasteiger partial charge is 0.142 e. The molecule has 1 heterocycles. The van der Waals surface area contributed by atoms with E-state index in [-0.39, 0.29) is 0 Å². The van der Waals surface area contributed by atoms with Gasteiger partial charge in [0.1, 0.15) is 5.75 Å². The first-order valence-electron chi connectivity index (χ1n) is 5.76. The molecular formula is C15H15NO. The molecule has 2 heteroatoms. The largest absolute Gasteiger partial charge is 0.495 e. The number of para-hydroxylation sites is 1. The molecule has 0 aliphatic carbocycles. The van der Waals surface area contributed by atoms with Crippen molar-refractivity contribution in [2.45, 2.75) is 13.8 Å². The Kier molecular flexibility index (Phi) is 2.11. The van der Waals surface area contributed by atoms with Gasteiger partial charge in [0, 0.05) is 16.3 Å². The summed E-state index contributed by atoms with van der Waals surface area (Å²) in [6.07, 6.45) is 0. The minimum Gasteiger partial charge on any atom is -0.495 e. The second kappa shape index (κ2) is 3.52. The van der Waals surface area contributed by atoms with Crippen molar-refractivity contribution in [3.63, 3.8) is 0 Å². The number of hydrogen-bond donors (Lipinski definition) is 1. The Labute approximate surface area is 100 Å². The number of aryl methyl sites for hydroxylation is 2. The first kappa shape index (κ1) is 10.2. The molecular weight excluding hydrogens is 210 g/mol. The number of fused-ring (bicyclic) bond motifs is 3. The summed E-state index contributed by atoms with van der Waals surface area (Å²) in [6.45, 7) is 4.28. The number of rotatable bonds is 1. The number of aromatic nitrogens is 1. The number of H-pyrrole nitrogens is 1. The van der Waals surface area contributed by atoms with Crippen LogP contribution in [0.25, 0.3) is 21.8 Å². The summed E-state index contributed by atoms with van der Waals surface area (Å²) in [5.41, 5.74) is 4.85. The van der Waals surface area contributed by atoms with Gasteiger partial charge in [0.05, 0.1) is 12.6 Å². The average Bonchev–Trinajstić information content (AvgIpc) is 2.66. The average molecular weight is 225 g/mol. The van der Waals surface area contributed by atoms with Crippen molar-refractivity contribution in [3.05, 3.63) is 41.5 Å². The van der Waals surface area contributed by atoms with E-state index < -0.39 is 0 Å². The van der Waals surface area contributed by atoms with Crippen LogP contribution in [0.5, 0.6) is 5.75 Å². The third-order valence-electron chi connectivity index (χ3n) is 3.26. The molecule has 3 aromatic rings. The molecule has 0 saturated heterocycles. The molecule has 0 bridgehead atoms. The summed E-state index contributed by atoms with van der Waals surface area (Å²) in [4.78, 5) is 3.45. The van der Waals surface area contributed by atoms with Gasteiger partial charge in [-0.2, -0.15) is 0 Å². The first-order chi connectivity index (χ1) is 8.20. The topological polar surface area (TPSA) is 25.0 Å². The van der Waals surface area contributed by atoms with Crippen LogP contribution < -0.4 is 4.74 Å². The second-order valence-electron chi connectivity index (χ2n) is 4.51. The molecule has 1 N–H and O–H groups in total. The minimum absolute atomic E-state index is 0.899. The Hall–Kier alpha value is -1.96. The molecule has 0 unspecified atom stereocenters. The van der Waals surface area contributed by atoms with Gasteiger partial charge < -0.3 is 9.72 Å². The molecule has 0 saturated carbocycles. The van der Waals surface area contributed by atoms with Crippen molar-refractivity contribution >= 4 is 21.8 Å². The highest BCUT2D eigenvalue weighted by atomic mass is 16.5. The number of hydrogen-bond acceptors (Lipinski definition) is 1. The third kappa shape index (κ3) is 1.41. The molecule has 0 atom stereocenters. The number of nitrogens with one attached hydrogen (secondary N) is 1. The summed E-state index contributed by atoms with van der Waals surface area (Å²) in [7, 11) is 1.71. The van der Waals surface area contributed by atoms with Gasteiger partial charge >= 0.3 is 0 Å². The summed E-state index contributed by atoms with van der Waals surface area (Å²) in [5, 5.41) is 2.53. The van der Waals surface area contributed by atoms with Gasteiger partial charge in [0.2, 0.25) is 0 Å². The zero-order valence-corrected chi connectivity index (χ0v) is 10.3. The van der Waals surface area contributed by atoms with Crippen molar-refractivity contribution in [1.29, 1.82) is 0 Å². The predicted molar refractivity (Wildman–Crippen MR) is 71.8 cm³/mol. The fourth-order valence-corrected chi connectivity index (χ4v) is 2.60. The van der Waals surface area contributed by atoms with Crippen LogP contribution in [0, 0.1) is 13.8 Å². The molecule has 86 valence electrons. The van der Waals surface area contributed by atoms with Crippen LogP contribution >= 0.6 is 0 Å². The highest BCUT2D eigenvalue weighted by molar-refractivity contribution is 6.10.